The summed E-state index contributed by atoms with van der Waals surface area (Å²) in [5.41, 5.74) is 5.63. The first-order valence-electron chi connectivity index (χ1n) is 12.9. The number of aromatic nitrogens is 3. The van der Waals surface area contributed by atoms with Crippen molar-refractivity contribution in [3.8, 4) is 11.4 Å². The van der Waals surface area contributed by atoms with Crippen LogP contribution in [0.25, 0.3) is 11.4 Å². The number of aryl methyl sites for hydroxylation is 3. The molecule has 2 aromatic heterocycles. The Hall–Kier alpha value is -3.02. The summed E-state index contributed by atoms with van der Waals surface area (Å²) in [5, 5.41) is 8.35. The lowest BCUT2D eigenvalue weighted by Crippen LogP contribution is -2.45. The van der Waals surface area contributed by atoms with Gasteiger partial charge in [0.15, 0.2) is 5.82 Å². The molecule has 180 valence electrons. The Morgan fingerprint density at radius 1 is 0.882 bits per heavy atom. The van der Waals surface area contributed by atoms with Gasteiger partial charge in [0.2, 0.25) is 5.91 Å². The molecular weight excluding hydrogens is 422 g/mol. The summed E-state index contributed by atoms with van der Waals surface area (Å²) < 4.78 is 4.41. The molecule has 1 aliphatic heterocycles. The number of hydrogen-bond acceptors (Lipinski definition) is 3. The second kappa shape index (κ2) is 9.69. The van der Waals surface area contributed by atoms with E-state index in [1.807, 2.05) is 6.07 Å². The second-order valence-corrected chi connectivity index (χ2v) is 10.1. The number of hydrogen-bond donors (Lipinski definition) is 1. The summed E-state index contributed by atoms with van der Waals surface area (Å²) in [7, 11) is 0. The summed E-state index contributed by atoms with van der Waals surface area (Å²) in [5.74, 6) is 1.49. The zero-order valence-electron chi connectivity index (χ0n) is 20.8. The lowest BCUT2D eigenvalue weighted by atomic mass is 9.92. The molecule has 0 unspecified atom stereocenters. The molecule has 2 aliphatic rings. The number of para-hydroxylation sites is 1. The van der Waals surface area contributed by atoms with Crippen LogP contribution in [0.1, 0.15) is 62.0 Å². The fourth-order valence-corrected chi connectivity index (χ4v) is 5.74. The van der Waals surface area contributed by atoms with Crippen molar-refractivity contribution in [3.63, 3.8) is 0 Å². The Morgan fingerprint density at radius 3 is 2.18 bits per heavy atom. The Kier molecular flexibility index (Phi) is 6.48. The van der Waals surface area contributed by atoms with Crippen LogP contribution in [0.15, 0.2) is 42.5 Å². The van der Waals surface area contributed by atoms with Gasteiger partial charge < -0.3 is 14.8 Å². The molecule has 1 aromatic carbocycles. The van der Waals surface area contributed by atoms with Crippen molar-refractivity contribution in [2.45, 2.75) is 71.8 Å². The molecule has 6 heteroatoms. The molecule has 2 fully saturated rings. The van der Waals surface area contributed by atoms with Gasteiger partial charge in [0.05, 0.1) is 11.4 Å². The molecule has 1 aliphatic carbocycles. The molecule has 0 bridgehead atoms. The van der Waals surface area contributed by atoms with Crippen molar-refractivity contribution >= 4 is 11.7 Å². The minimum Gasteiger partial charge on any atom is -0.355 e. The highest BCUT2D eigenvalue weighted by Gasteiger charge is 2.31. The topological polar surface area (TPSA) is 55.1 Å². The highest BCUT2D eigenvalue weighted by molar-refractivity contribution is 5.79. The normalized spacial score (nSPS) is 17.8. The number of carbonyl (C=O) groups excluding carboxylic acids is 1. The largest absolute Gasteiger partial charge is 0.355 e. The molecule has 3 aromatic rings. The van der Waals surface area contributed by atoms with Crippen molar-refractivity contribution in [1.29, 1.82) is 0 Å². The van der Waals surface area contributed by atoms with Crippen LogP contribution in [-0.4, -0.2) is 39.4 Å². The third-order valence-electron chi connectivity index (χ3n) is 7.62. The van der Waals surface area contributed by atoms with Crippen LogP contribution in [0.3, 0.4) is 0 Å². The molecule has 1 saturated heterocycles. The second-order valence-electron chi connectivity index (χ2n) is 10.1. The summed E-state index contributed by atoms with van der Waals surface area (Å²) in [6.45, 7) is 8.11. The molecule has 0 atom stereocenters. The number of amides is 1. The Bertz CT molecular complexity index is 1110. The van der Waals surface area contributed by atoms with Crippen LogP contribution >= 0.6 is 0 Å². The summed E-state index contributed by atoms with van der Waals surface area (Å²) in [4.78, 5) is 15.4. The number of nitrogens with zero attached hydrogens (tertiary/aromatic N) is 4. The fourth-order valence-electron chi connectivity index (χ4n) is 5.74. The highest BCUT2D eigenvalue weighted by atomic mass is 16.1. The lowest BCUT2D eigenvalue weighted by Gasteiger charge is -2.35. The number of nitrogens with one attached hydrogen (secondary N) is 1. The standard InChI is InChI=1S/C28H37N5O/c1-20-14-15-21(2)32(20)26-22(3)30-33(25-12-8-5-9-13-25)28(26)31-18-16-23(17-19-31)27(34)29-24-10-6-4-7-11-24/h5,8-9,12-15,23-24H,4,6-7,10-11,16-19H2,1-3H3,(H,29,34). The maximum atomic E-state index is 13.0. The number of rotatable bonds is 5. The highest BCUT2D eigenvalue weighted by Crippen LogP contribution is 2.35. The van der Waals surface area contributed by atoms with Gasteiger partial charge in [0, 0.05) is 36.4 Å². The Morgan fingerprint density at radius 2 is 1.53 bits per heavy atom. The first-order chi connectivity index (χ1) is 16.5. The van der Waals surface area contributed by atoms with Crippen molar-refractivity contribution in [2.24, 2.45) is 5.92 Å². The average Bonchev–Trinajstić information content (AvgIpc) is 3.37. The van der Waals surface area contributed by atoms with Gasteiger partial charge in [-0.15, -0.1) is 0 Å². The SMILES string of the molecule is Cc1nn(-c2ccccc2)c(N2CCC(C(=O)NC3CCCCC3)CC2)c1-n1c(C)ccc1C. The number of benzene rings is 1. The molecular formula is C28H37N5O. The molecule has 1 N–H and O–H groups in total. The molecule has 1 amide bonds. The maximum absolute atomic E-state index is 13.0. The Labute approximate surface area is 203 Å². The predicted molar refractivity (Wildman–Crippen MR) is 137 cm³/mol. The van der Waals surface area contributed by atoms with Gasteiger partial charge in [0.1, 0.15) is 5.69 Å². The zero-order chi connectivity index (χ0) is 23.7. The van der Waals surface area contributed by atoms with Gasteiger partial charge in [-0.25, -0.2) is 4.68 Å². The van der Waals surface area contributed by atoms with Gasteiger partial charge >= 0.3 is 0 Å². The van der Waals surface area contributed by atoms with Crippen molar-refractivity contribution in [2.75, 3.05) is 18.0 Å². The molecule has 0 radical (unpaired) electrons. The zero-order valence-corrected chi connectivity index (χ0v) is 20.8. The van der Waals surface area contributed by atoms with E-state index in [2.05, 4.69) is 76.6 Å². The van der Waals surface area contributed by atoms with Crippen LogP contribution in [-0.2, 0) is 4.79 Å². The van der Waals surface area contributed by atoms with E-state index in [-0.39, 0.29) is 11.8 Å². The van der Waals surface area contributed by atoms with Crippen molar-refractivity contribution in [1.82, 2.24) is 19.7 Å². The van der Waals surface area contributed by atoms with E-state index < -0.39 is 0 Å². The van der Waals surface area contributed by atoms with Gasteiger partial charge in [-0.05, 0) is 70.7 Å². The molecule has 0 spiro atoms. The van der Waals surface area contributed by atoms with Gasteiger partial charge in [-0.2, -0.15) is 5.10 Å². The van der Waals surface area contributed by atoms with E-state index in [1.54, 1.807) is 0 Å². The van der Waals surface area contributed by atoms with Crippen LogP contribution in [0.5, 0.6) is 0 Å². The van der Waals surface area contributed by atoms with Crippen LogP contribution in [0.2, 0.25) is 0 Å². The van der Waals surface area contributed by atoms with E-state index >= 15 is 0 Å². The van der Waals surface area contributed by atoms with Gasteiger partial charge in [-0.3, -0.25) is 4.79 Å². The van der Waals surface area contributed by atoms with Gasteiger partial charge in [0.25, 0.3) is 0 Å². The number of piperidine rings is 1. The molecule has 34 heavy (non-hydrogen) atoms. The first kappa shape index (κ1) is 22.8. The number of carbonyl (C=O) groups is 1. The van der Waals surface area contributed by atoms with E-state index in [0.717, 1.165) is 61.7 Å². The quantitative estimate of drug-likeness (QED) is 0.567. The lowest BCUT2D eigenvalue weighted by molar-refractivity contribution is -0.126. The number of anilines is 1. The smallest absolute Gasteiger partial charge is 0.223 e. The van der Waals surface area contributed by atoms with Crippen LogP contribution < -0.4 is 10.2 Å². The predicted octanol–water partition coefficient (Wildman–Crippen LogP) is 5.25. The monoisotopic (exact) mass is 459 g/mol. The van der Waals surface area contributed by atoms with Crippen molar-refractivity contribution in [3.05, 3.63) is 59.5 Å². The van der Waals surface area contributed by atoms with E-state index in [9.17, 15) is 4.79 Å². The van der Waals surface area contributed by atoms with E-state index in [4.69, 9.17) is 5.10 Å². The fraction of sp³-hybridized carbons (Fsp3) is 0.500. The van der Waals surface area contributed by atoms with Crippen LogP contribution in [0, 0.1) is 26.7 Å². The average molecular weight is 460 g/mol. The molecule has 6 nitrogen and oxygen atoms in total. The summed E-state index contributed by atoms with van der Waals surface area (Å²) in [6.07, 6.45) is 7.82. The molecule has 3 heterocycles. The van der Waals surface area contributed by atoms with Crippen molar-refractivity contribution < 1.29 is 4.79 Å². The van der Waals surface area contributed by atoms with Crippen LogP contribution in [0.4, 0.5) is 5.82 Å². The Balaban J connectivity index is 1.42. The summed E-state index contributed by atoms with van der Waals surface area (Å²) >= 11 is 0. The summed E-state index contributed by atoms with van der Waals surface area (Å²) in [6, 6.07) is 15.1. The van der Waals surface area contributed by atoms with E-state index in [0.29, 0.717) is 6.04 Å². The minimum absolute atomic E-state index is 0.103. The third kappa shape index (κ3) is 4.38. The maximum Gasteiger partial charge on any atom is 0.223 e. The molecule has 5 rings (SSSR count). The van der Waals surface area contributed by atoms with Gasteiger partial charge in [-0.1, -0.05) is 37.5 Å². The third-order valence-corrected chi connectivity index (χ3v) is 7.62. The van der Waals surface area contributed by atoms with E-state index in [1.165, 1.54) is 30.7 Å². The molecule has 1 saturated carbocycles. The first-order valence-corrected chi connectivity index (χ1v) is 12.9. The minimum atomic E-state index is 0.103.